The van der Waals surface area contributed by atoms with Gasteiger partial charge >= 0.3 is 0 Å². The van der Waals surface area contributed by atoms with Crippen LogP contribution in [0.15, 0.2) is 89.1 Å². The second-order valence-electron chi connectivity index (χ2n) is 9.29. The summed E-state index contributed by atoms with van der Waals surface area (Å²) in [5.74, 6) is 0.0123. The smallest absolute Gasteiger partial charge is 0.244 e. The third kappa shape index (κ3) is 6.84. The first-order valence-electron chi connectivity index (χ1n) is 12.7. The highest BCUT2D eigenvalue weighted by atomic mass is 35.5. The Morgan fingerprint density at radius 2 is 1.68 bits per heavy atom. The molecule has 1 aliphatic carbocycles. The van der Waals surface area contributed by atoms with E-state index in [0.717, 1.165) is 53.1 Å². The number of anilines is 2. The molecule has 0 radical (unpaired) electrons. The second kappa shape index (κ2) is 12.6. The van der Waals surface area contributed by atoms with Crippen LogP contribution in [0.4, 0.5) is 10.8 Å². The number of nitrogens with one attached hydrogen (secondary N) is 2. The Hall–Kier alpha value is -3.13. The van der Waals surface area contributed by atoms with Crippen molar-refractivity contribution in [3.63, 3.8) is 0 Å². The van der Waals surface area contributed by atoms with Gasteiger partial charge in [0, 0.05) is 32.5 Å². The Bertz CT molecular complexity index is 1390. The highest BCUT2D eigenvalue weighted by molar-refractivity contribution is 8.00. The molecule has 1 aliphatic rings. The van der Waals surface area contributed by atoms with Crippen LogP contribution in [-0.2, 0) is 9.59 Å². The lowest BCUT2D eigenvalue weighted by Gasteiger charge is -2.21. The summed E-state index contributed by atoms with van der Waals surface area (Å²) < 4.78 is 0. The number of thiazole rings is 1. The minimum absolute atomic E-state index is 0.0824. The molecule has 0 aliphatic heterocycles. The van der Waals surface area contributed by atoms with E-state index in [2.05, 4.69) is 15.6 Å². The van der Waals surface area contributed by atoms with E-state index >= 15 is 0 Å². The van der Waals surface area contributed by atoms with Gasteiger partial charge in [-0.25, -0.2) is 4.98 Å². The van der Waals surface area contributed by atoms with Gasteiger partial charge in [-0.2, -0.15) is 0 Å². The van der Waals surface area contributed by atoms with Crippen molar-refractivity contribution in [1.29, 1.82) is 0 Å². The van der Waals surface area contributed by atoms with E-state index in [4.69, 9.17) is 11.6 Å². The molecule has 5 rings (SSSR count). The first-order chi connectivity index (χ1) is 18.5. The van der Waals surface area contributed by atoms with E-state index in [0.29, 0.717) is 10.2 Å². The van der Waals surface area contributed by atoms with Crippen LogP contribution >= 0.6 is 34.7 Å². The number of carbonyl (C=O) groups excluding carboxylic acids is 2. The maximum atomic E-state index is 13.5. The number of carbonyl (C=O) groups is 2. The van der Waals surface area contributed by atoms with Crippen LogP contribution < -0.4 is 10.6 Å². The van der Waals surface area contributed by atoms with Gasteiger partial charge in [-0.15, -0.1) is 23.1 Å². The fraction of sp³-hybridized carbons (Fsp3) is 0.233. The van der Waals surface area contributed by atoms with Gasteiger partial charge in [-0.3, -0.25) is 9.59 Å². The zero-order valence-electron chi connectivity index (χ0n) is 20.7. The molecule has 0 bridgehead atoms. The third-order valence-corrected chi connectivity index (χ3v) is 8.80. The van der Waals surface area contributed by atoms with Crippen LogP contribution in [0.25, 0.3) is 11.3 Å². The van der Waals surface area contributed by atoms with Gasteiger partial charge in [-0.1, -0.05) is 79.4 Å². The topological polar surface area (TPSA) is 71.1 Å². The summed E-state index contributed by atoms with van der Waals surface area (Å²) in [4.78, 5) is 31.8. The normalized spacial score (nSPS) is 14.6. The van der Waals surface area contributed by atoms with E-state index in [9.17, 15) is 9.59 Å². The lowest BCUT2D eigenvalue weighted by Crippen LogP contribution is -2.24. The minimum atomic E-state index is -0.497. The molecule has 1 heterocycles. The predicted molar refractivity (Wildman–Crippen MR) is 158 cm³/mol. The molecule has 1 unspecified atom stereocenters. The number of thioether (sulfide) groups is 1. The molecule has 2 N–H and O–H groups in total. The van der Waals surface area contributed by atoms with Gasteiger partial charge in [0.05, 0.1) is 5.69 Å². The molecule has 194 valence electrons. The van der Waals surface area contributed by atoms with E-state index in [1.54, 1.807) is 0 Å². The van der Waals surface area contributed by atoms with Gasteiger partial charge in [0.25, 0.3) is 0 Å². The van der Waals surface area contributed by atoms with Gasteiger partial charge < -0.3 is 10.6 Å². The van der Waals surface area contributed by atoms with Crippen molar-refractivity contribution in [2.45, 2.75) is 42.2 Å². The van der Waals surface area contributed by atoms with Crippen LogP contribution in [-0.4, -0.2) is 16.8 Å². The number of halogens is 1. The van der Waals surface area contributed by atoms with Crippen molar-refractivity contribution >= 4 is 57.3 Å². The van der Waals surface area contributed by atoms with Crippen LogP contribution in [0.1, 0.15) is 42.9 Å². The minimum Gasteiger partial charge on any atom is -0.326 e. The number of rotatable bonds is 8. The first-order valence-corrected chi connectivity index (χ1v) is 14.8. The van der Waals surface area contributed by atoms with Crippen molar-refractivity contribution in [1.82, 2.24) is 4.98 Å². The summed E-state index contributed by atoms with van der Waals surface area (Å²) >= 11 is 8.84. The molecule has 5 nitrogen and oxygen atoms in total. The SMILES string of the molecule is O=C(Nc1cccc(SC(C(=O)Nc2nc(-c3ccc(Cl)cc3)cs2)c2ccccc2)c1)C1CCCCC1. The zero-order chi connectivity index (χ0) is 26.3. The monoisotopic (exact) mass is 561 g/mol. The zero-order valence-corrected chi connectivity index (χ0v) is 23.1. The number of benzene rings is 3. The van der Waals surface area contributed by atoms with Crippen molar-refractivity contribution in [3.8, 4) is 11.3 Å². The molecule has 2 amide bonds. The molecule has 0 spiro atoms. The Morgan fingerprint density at radius 3 is 2.45 bits per heavy atom. The van der Waals surface area contributed by atoms with Crippen molar-refractivity contribution in [2.24, 2.45) is 5.92 Å². The molecule has 3 aromatic carbocycles. The Labute approximate surface area is 236 Å². The van der Waals surface area contributed by atoms with E-state index in [-0.39, 0.29) is 17.7 Å². The average molecular weight is 562 g/mol. The van der Waals surface area contributed by atoms with Gasteiger partial charge in [0.1, 0.15) is 5.25 Å². The quantitative estimate of drug-likeness (QED) is 0.212. The van der Waals surface area contributed by atoms with Gasteiger partial charge in [-0.05, 0) is 48.7 Å². The van der Waals surface area contributed by atoms with Gasteiger partial charge in [0.15, 0.2) is 5.13 Å². The fourth-order valence-electron chi connectivity index (χ4n) is 4.55. The summed E-state index contributed by atoms with van der Waals surface area (Å²) in [6.07, 6.45) is 5.34. The summed E-state index contributed by atoms with van der Waals surface area (Å²) in [7, 11) is 0. The van der Waals surface area contributed by atoms with E-state index < -0.39 is 5.25 Å². The number of amides is 2. The Kier molecular flexibility index (Phi) is 8.79. The van der Waals surface area contributed by atoms with Gasteiger partial charge in [0.2, 0.25) is 11.8 Å². The second-order valence-corrected chi connectivity index (χ2v) is 11.8. The largest absolute Gasteiger partial charge is 0.326 e. The summed E-state index contributed by atoms with van der Waals surface area (Å²) in [6.45, 7) is 0. The highest BCUT2D eigenvalue weighted by Gasteiger charge is 2.24. The molecular weight excluding hydrogens is 534 g/mol. The van der Waals surface area contributed by atoms with Crippen LogP contribution in [0.3, 0.4) is 0 Å². The standard InChI is InChI=1S/C30H28ClN3O2S2/c31-23-16-14-20(15-17-23)26-19-37-30(33-26)34-29(36)27(21-8-3-1-4-9-21)38-25-13-7-12-24(18-25)32-28(35)22-10-5-2-6-11-22/h1,3-4,7-9,12-19,22,27H,2,5-6,10-11H2,(H,32,35)(H,33,34,36). The molecule has 1 saturated carbocycles. The summed E-state index contributed by atoms with van der Waals surface area (Å²) in [5, 5.41) is 8.71. The molecule has 8 heteroatoms. The van der Waals surface area contributed by atoms with Crippen molar-refractivity contribution in [2.75, 3.05) is 10.6 Å². The van der Waals surface area contributed by atoms with Crippen molar-refractivity contribution in [3.05, 3.63) is 94.8 Å². The number of hydrogen-bond donors (Lipinski definition) is 2. The molecular formula is C30H28ClN3O2S2. The maximum Gasteiger partial charge on any atom is 0.244 e. The van der Waals surface area contributed by atoms with Crippen LogP contribution in [0.5, 0.6) is 0 Å². The molecule has 1 atom stereocenters. The number of hydrogen-bond acceptors (Lipinski definition) is 5. The molecule has 0 saturated heterocycles. The third-order valence-electron chi connectivity index (χ3n) is 6.55. The first kappa shape index (κ1) is 26.5. The summed E-state index contributed by atoms with van der Waals surface area (Å²) in [6, 6.07) is 24.9. The van der Waals surface area contributed by atoms with E-state index in [1.807, 2.05) is 84.2 Å². The van der Waals surface area contributed by atoms with E-state index in [1.165, 1.54) is 29.5 Å². The lowest BCUT2D eigenvalue weighted by molar-refractivity contribution is -0.120. The molecule has 38 heavy (non-hydrogen) atoms. The molecule has 4 aromatic rings. The maximum absolute atomic E-state index is 13.5. The number of aromatic nitrogens is 1. The number of nitrogens with zero attached hydrogens (tertiary/aromatic N) is 1. The summed E-state index contributed by atoms with van der Waals surface area (Å²) in [5.41, 5.74) is 3.37. The highest BCUT2D eigenvalue weighted by Crippen LogP contribution is 2.38. The molecule has 1 fully saturated rings. The molecule has 1 aromatic heterocycles. The van der Waals surface area contributed by atoms with Crippen LogP contribution in [0, 0.1) is 5.92 Å². The van der Waals surface area contributed by atoms with Crippen LogP contribution in [0.2, 0.25) is 5.02 Å². The Balaban J connectivity index is 1.31. The average Bonchev–Trinajstić information content (AvgIpc) is 3.41. The fourth-order valence-corrected chi connectivity index (χ4v) is 6.48. The lowest BCUT2D eigenvalue weighted by atomic mass is 9.88. The van der Waals surface area contributed by atoms with Crippen molar-refractivity contribution < 1.29 is 9.59 Å². The predicted octanol–water partition coefficient (Wildman–Crippen LogP) is 8.45. The Morgan fingerprint density at radius 1 is 0.921 bits per heavy atom.